The molecule has 0 aromatic heterocycles. The van der Waals surface area contributed by atoms with E-state index >= 15 is 0 Å². The summed E-state index contributed by atoms with van der Waals surface area (Å²) in [6.07, 6.45) is 0. The van der Waals surface area contributed by atoms with Crippen LogP contribution in [0, 0.1) is 11.6 Å². The van der Waals surface area contributed by atoms with Crippen LogP contribution in [0.15, 0.2) is 36.4 Å². The number of benzene rings is 2. The summed E-state index contributed by atoms with van der Waals surface area (Å²) >= 11 is 10.2. The molecule has 17 heavy (non-hydrogen) atoms. The number of rotatable bonds is 2. The molecule has 0 N–H and O–H groups in total. The van der Waals surface area contributed by atoms with Gasteiger partial charge in [0.15, 0.2) is 0 Å². The van der Waals surface area contributed by atoms with E-state index in [0.29, 0.717) is 7.74 Å². The average molecular weight is 307 g/mol. The van der Waals surface area contributed by atoms with Crippen molar-refractivity contribution in [1.29, 1.82) is 0 Å². The summed E-state index contributed by atoms with van der Waals surface area (Å²) in [6.45, 7) is 0. The molecule has 5 heteroatoms. The zero-order chi connectivity index (χ0) is 12.4. The van der Waals surface area contributed by atoms with E-state index in [2.05, 4.69) is 0 Å². The van der Waals surface area contributed by atoms with E-state index in [-0.39, 0.29) is 10.0 Å². The van der Waals surface area contributed by atoms with E-state index in [4.69, 9.17) is 23.2 Å². The molecule has 0 radical (unpaired) electrons. The van der Waals surface area contributed by atoms with Gasteiger partial charge in [-0.2, -0.15) is 0 Å². The zero-order valence-electron chi connectivity index (χ0n) is 8.48. The molecule has 2 aromatic rings. The third kappa shape index (κ3) is 2.89. The Morgan fingerprint density at radius 2 is 1.18 bits per heavy atom. The van der Waals surface area contributed by atoms with E-state index in [0.717, 1.165) is 0 Å². The molecule has 2 aromatic carbocycles. The molecule has 0 unspecified atom stereocenters. The van der Waals surface area contributed by atoms with Crippen LogP contribution in [0.1, 0.15) is 0 Å². The molecule has 0 saturated heterocycles. The SMILES string of the molecule is Fc1c(Cl)ccc[c]1[Ti][c]1cccc(Cl)c1F. The molecule has 0 fully saturated rings. The van der Waals surface area contributed by atoms with Gasteiger partial charge in [0, 0.05) is 0 Å². The van der Waals surface area contributed by atoms with E-state index in [9.17, 15) is 8.78 Å². The third-order valence-corrected chi connectivity index (χ3v) is 4.80. The second-order valence-corrected chi connectivity index (χ2v) is 6.21. The van der Waals surface area contributed by atoms with Crippen LogP contribution in [0.3, 0.4) is 0 Å². The molecule has 0 amide bonds. The van der Waals surface area contributed by atoms with E-state index in [1.165, 1.54) is 12.1 Å². The first kappa shape index (κ1) is 13.0. The van der Waals surface area contributed by atoms with Crippen molar-refractivity contribution in [2.45, 2.75) is 0 Å². The fraction of sp³-hybridized carbons (Fsp3) is 0. The number of halogens is 4. The van der Waals surface area contributed by atoms with Crippen molar-refractivity contribution in [2.75, 3.05) is 0 Å². The first-order valence-electron chi connectivity index (χ1n) is 4.74. The molecule has 0 spiro atoms. The molecule has 86 valence electrons. The van der Waals surface area contributed by atoms with Crippen LogP contribution >= 0.6 is 23.2 Å². The van der Waals surface area contributed by atoms with Crippen LogP contribution in [0.25, 0.3) is 0 Å². The maximum absolute atomic E-state index is 13.7. The Kier molecular flexibility index (Phi) is 4.21. The van der Waals surface area contributed by atoms with Crippen LogP contribution in [0.2, 0.25) is 10.0 Å². The average Bonchev–Trinajstić information content (AvgIpc) is 2.31. The summed E-state index contributed by atoms with van der Waals surface area (Å²) in [5.74, 6) is -0.929. The van der Waals surface area contributed by atoms with Crippen molar-refractivity contribution in [3.05, 3.63) is 58.1 Å². The molecule has 0 atom stereocenters. The van der Waals surface area contributed by atoms with E-state index in [1.54, 1.807) is 24.3 Å². The first-order valence-corrected chi connectivity index (χ1v) is 7.06. The predicted molar refractivity (Wildman–Crippen MR) is 62.1 cm³/mol. The topological polar surface area (TPSA) is 0 Å². The van der Waals surface area contributed by atoms with Gasteiger partial charge in [-0.15, -0.1) is 0 Å². The van der Waals surface area contributed by atoms with Gasteiger partial charge in [-0.1, -0.05) is 0 Å². The third-order valence-electron chi connectivity index (χ3n) is 2.17. The summed E-state index contributed by atoms with van der Waals surface area (Å²) in [7, 11) is 0. The Morgan fingerprint density at radius 3 is 1.59 bits per heavy atom. The summed E-state index contributed by atoms with van der Waals surface area (Å²) in [5, 5.41) is 0.127. The Hall–Kier alpha value is -0.406. The Labute approximate surface area is 116 Å². The molecule has 0 aliphatic heterocycles. The Balaban J connectivity index is 2.38. The predicted octanol–water partition coefficient (Wildman–Crippen LogP) is 3.30. The summed E-state index contributed by atoms with van der Waals surface area (Å²) in [4.78, 5) is 0. The second-order valence-electron chi connectivity index (χ2n) is 3.33. The van der Waals surface area contributed by atoms with Gasteiger partial charge in [-0.25, -0.2) is 0 Å². The zero-order valence-corrected chi connectivity index (χ0v) is 11.5. The van der Waals surface area contributed by atoms with Gasteiger partial charge in [0.05, 0.1) is 0 Å². The molecule has 0 bridgehead atoms. The van der Waals surface area contributed by atoms with Gasteiger partial charge in [-0.05, 0) is 0 Å². The van der Waals surface area contributed by atoms with Crippen molar-refractivity contribution in [3.63, 3.8) is 0 Å². The number of hydrogen-bond donors (Lipinski definition) is 0. The van der Waals surface area contributed by atoms with Crippen molar-refractivity contribution >= 4 is 30.9 Å². The summed E-state index contributed by atoms with van der Waals surface area (Å²) in [5.41, 5.74) is 0. The van der Waals surface area contributed by atoms with Gasteiger partial charge in [0.1, 0.15) is 0 Å². The Bertz CT molecular complexity index is 509. The second kappa shape index (κ2) is 5.49. The van der Waals surface area contributed by atoms with Gasteiger partial charge < -0.3 is 0 Å². The van der Waals surface area contributed by atoms with Crippen molar-refractivity contribution in [3.8, 4) is 0 Å². The minimum atomic E-state index is -1.12. The fourth-order valence-electron chi connectivity index (χ4n) is 1.35. The van der Waals surface area contributed by atoms with Gasteiger partial charge in [-0.3, -0.25) is 0 Å². The van der Waals surface area contributed by atoms with E-state index < -0.39 is 30.8 Å². The van der Waals surface area contributed by atoms with Gasteiger partial charge >= 0.3 is 117 Å². The molecule has 0 heterocycles. The maximum atomic E-state index is 13.7. The molecule has 0 nitrogen and oxygen atoms in total. The molecular formula is C12H6Cl2F2Ti. The Morgan fingerprint density at radius 1 is 0.765 bits per heavy atom. The molecular weight excluding hydrogens is 301 g/mol. The van der Waals surface area contributed by atoms with Crippen LogP contribution in [-0.2, 0) is 19.2 Å². The van der Waals surface area contributed by atoms with Crippen molar-refractivity contribution in [1.82, 2.24) is 0 Å². The quantitative estimate of drug-likeness (QED) is 0.747. The van der Waals surface area contributed by atoms with Crippen LogP contribution in [0.5, 0.6) is 0 Å². The molecule has 0 aliphatic carbocycles. The molecule has 0 aliphatic rings. The summed E-state index contributed by atoms with van der Waals surface area (Å²) < 4.78 is 28.3. The van der Waals surface area contributed by atoms with Crippen LogP contribution in [0.4, 0.5) is 8.78 Å². The monoisotopic (exact) mass is 306 g/mol. The molecule has 2 rings (SSSR count). The standard InChI is InChI=1S/2C6H3ClF.Ti/c2*7-5-3-1-2-4-6(5)8;/h2*1-3H;. The van der Waals surface area contributed by atoms with Crippen LogP contribution < -0.4 is 7.74 Å². The van der Waals surface area contributed by atoms with Crippen LogP contribution in [-0.4, -0.2) is 0 Å². The minimum absolute atomic E-state index is 0.0636. The molecule has 0 saturated carbocycles. The van der Waals surface area contributed by atoms with Crippen molar-refractivity contribution in [2.24, 2.45) is 0 Å². The first-order chi connectivity index (χ1) is 8.09. The number of hydrogen-bond acceptors (Lipinski definition) is 0. The fourth-order valence-corrected chi connectivity index (χ4v) is 3.72. The van der Waals surface area contributed by atoms with Gasteiger partial charge in [0.25, 0.3) is 0 Å². The van der Waals surface area contributed by atoms with Gasteiger partial charge in [0.2, 0.25) is 0 Å². The van der Waals surface area contributed by atoms with Crippen molar-refractivity contribution < 1.29 is 27.9 Å². The normalized spacial score (nSPS) is 10.4. The summed E-state index contributed by atoms with van der Waals surface area (Å²) in [6, 6.07) is 9.52. The van der Waals surface area contributed by atoms with E-state index in [1.807, 2.05) is 0 Å².